The molecular weight excluding hydrogens is 328 g/mol. The lowest BCUT2D eigenvalue weighted by atomic mass is 9.98. The monoisotopic (exact) mass is 345 g/mol. The number of carbonyl (C=O) groups excluding carboxylic acids is 1. The second-order valence-electron chi connectivity index (χ2n) is 6.33. The van der Waals surface area contributed by atoms with Crippen molar-refractivity contribution in [3.63, 3.8) is 0 Å². The molecule has 1 atom stereocenters. The minimum Gasteiger partial charge on any atom is -0.454 e. The molecule has 2 aliphatic rings. The first-order valence-corrected chi connectivity index (χ1v) is 8.22. The van der Waals surface area contributed by atoms with Gasteiger partial charge in [0, 0.05) is 24.6 Å². The van der Waals surface area contributed by atoms with E-state index in [4.69, 9.17) is 9.47 Å². The lowest BCUT2D eigenvalue weighted by molar-refractivity contribution is -0.129. The van der Waals surface area contributed by atoms with Crippen molar-refractivity contribution in [2.75, 3.05) is 19.9 Å². The zero-order valence-electron chi connectivity index (χ0n) is 13.5. The summed E-state index contributed by atoms with van der Waals surface area (Å²) in [7, 11) is 0. The highest BCUT2D eigenvalue weighted by atomic mass is 19.2. The molecule has 2 aromatic rings. The molecule has 130 valence electrons. The minimum atomic E-state index is -0.942. The first-order chi connectivity index (χ1) is 12.1. The van der Waals surface area contributed by atoms with Crippen molar-refractivity contribution in [2.45, 2.75) is 18.8 Å². The Balaban J connectivity index is 1.43. The quantitative estimate of drug-likeness (QED) is 0.857. The second kappa shape index (κ2) is 6.35. The van der Waals surface area contributed by atoms with Crippen LogP contribution in [0.4, 0.5) is 8.78 Å². The Labute approximate surface area is 144 Å². The number of fused-ring (bicyclic) bond motifs is 1. The van der Waals surface area contributed by atoms with E-state index in [0.717, 1.165) is 29.5 Å². The summed E-state index contributed by atoms with van der Waals surface area (Å²) >= 11 is 0. The van der Waals surface area contributed by atoms with Crippen molar-refractivity contribution in [3.8, 4) is 11.5 Å². The van der Waals surface area contributed by atoms with Gasteiger partial charge in [0.25, 0.3) is 0 Å². The molecule has 0 aliphatic carbocycles. The van der Waals surface area contributed by atoms with Crippen LogP contribution in [0, 0.1) is 11.6 Å². The third kappa shape index (κ3) is 3.04. The molecule has 4 rings (SSSR count). The maximum atomic E-state index is 13.7. The molecule has 4 nitrogen and oxygen atoms in total. The fraction of sp³-hybridized carbons (Fsp3) is 0.316. The molecule has 1 saturated heterocycles. The zero-order chi connectivity index (χ0) is 17.4. The van der Waals surface area contributed by atoms with Crippen LogP contribution in [-0.4, -0.2) is 30.7 Å². The smallest absolute Gasteiger partial charge is 0.231 e. The Kier molecular flexibility index (Phi) is 4.03. The van der Waals surface area contributed by atoms with Crippen molar-refractivity contribution in [3.05, 3.63) is 59.2 Å². The van der Waals surface area contributed by atoms with Gasteiger partial charge in [0.05, 0.1) is 6.42 Å². The standard InChI is InChI=1S/C19H17F2NO3/c20-15-3-1-2-13(19(15)21)9-18(23)22-7-6-14(10-22)12-4-5-16-17(8-12)25-11-24-16/h1-5,8,14H,6-7,9-11H2/t14-/m1/s1. The predicted octanol–water partition coefficient (Wildman–Crippen LogP) is 3.25. The van der Waals surface area contributed by atoms with Crippen molar-refractivity contribution >= 4 is 5.91 Å². The molecule has 0 saturated carbocycles. The van der Waals surface area contributed by atoms with Gasteiger partial charge in [0.2, 0.25) is 12.7 Å². The van der Waals surface area contributed by atoms with Gasteiger partial charge in [0.1, 0.15) is 0 Å². The number of hydrogen-bond donors (Lipinski definition) is 0. The van der Waals surface area contributed by atoms with Crippen LogP contribution in [0.1, 0.15) is 23.5 Å². The molecule has 0 unspecified atom stereocenters. The van der Waals surface area contributed by atoms with Gasteiger partial charge in [-0.3, -0.25) is 4.79 Å². The molecular formula is C19H17F2NO3. The number of carbonyl (C=O) groups is 1. The first-order valence-electron chi connectivity index (χ1n) is 8.22. The van der Waals surface area contributed by atoms with E-state index in [-0.39, 0.29) is 30.6 Å². The molecule has 1 amide bonds. The van der Waals surface area contributed by atoms with Crippen molar-refractivity contribution in [1.82, 2.24) is 4.90 Å². The molecule has 0 bridgehead atoms. The van der Waals surface area contributed by atoms with Gasteiger partial charge in [-0.25, -0.2) is 8.78 Å². The Morgan fingerprint density at radius 2 is 2.00 bits per heavy atom. The molecule has 2 aliphatic heterocycles. The molecule has 0 N–H and O–H groups in total. The van der Waals surface area contributed by atoms with E-state index in [9.17, 15) is 13.6 Å². The van der Waals surface area contributed by atoms with E-state index in [1.165, 1.54) is 12.1 Å². The number of nitrogens with zero attached hydrogens (tertiary/aromatic N) is 1. The van der Waals surface area contributed by atoms with Crippen molar-refractivity contribution in [2.24, 2.45) is 0 Å². The lowest BCUT2D eigenvalue weighted by Crippen LogP contribution is -2.30. The highest BCUT2D eigenvalue weighted by Crippen LogP contribution is 2.37. The van der Waals surface area contributed by atoms with Crippen LogP contribution >= 0.6 is 0 Å². The fourth-order valence-electron chi connectivity index (χ4n) is 3.39. The number of hydrogen-bond acceptors (Lipinski definition) is 3. The van der Waals surface area contributed by atoms with Crippen LogP contribution < -0.4 is 9.47 Å². The highest BCUT2D eigenvalue weighted by Gasteiger charge is 2.29. The average molecular weight is 345 g/mol. The molecule has 1 fully saturated rings. The predicted molar refractivity (Wildman–Crippen MR) is 86.6 cm³/mol. The normalized spacial score (nSPS) is 18.6. The molecule has 25 heavy (non-hydrogen) atoms. The minimum absolute atomic E-state index is 0.0940. The lowest BCUT2D eigenvalue weighted by Gasteiger charge is -2.17. The van der Waals surface area contributed by atoms with E-state index in [2.05, 4.69) is 0 Å². The third-order valence-electron chi connectivity index (χ3n) is 4.78. The highest BCUT2D eigenvalue weighted by molar-refractivity contribution is 5.79. The van der Waals surface area contributed by atoms with Gasteiger partial charge in [-0.1, -0.05) is 18.2 Å². The van der Waals surface area contributed by atoms with Crippen molar-refractivity contribution < 1.29 is 23.0 Å². The van der Waals surface area contributed by atoms with Gasteiger partial charge >= 0.3 is 0 Å². The maximum Gasteiger partial charge on any atom is 0.231 e. The summed E-state index contributed by atoms with van der Waals surface area (Å²) in [5.74, 6) is -0.392. The van der Waals surface area contributed by atoms with E-state index in [1.54, 1.807) is 4.90 Å². The summed E-state index contributed by atoms with van der Waals surface area (Å²) in [6.07, 6.45) is 0.703. The van der Waals surface area contributed by atoms with Gasteiger partial charge in [-0.2, -0.15) is 0 Å². The number of ether oxygens (including phenoxy) is 2. The Morgan fingerprint density at radius 3 is 2.88 bits per heavy atom. The first kappa shape index (κ1) is 15.9. The molecule has 0 spiro atoms. The molecule has 0 aromatic heterocycles. The molecule has 2 heterocycles. The summed E-state index contributed by atoms with van der Waals surface area (Å²) in [5, 5.41) is 0. The largest absolute Gasteiger partial charge is 0.454 e. The summed E-state index contributed by atoms with van der Waals surface area (Å²) in [5.41, 5.74) is 1.19. The Hall–Kier alpha value is -2.63. The number of likely N-dealkylation sites (tertiary alicyclic amines) is 1. The van der Waals surface area contributed by atoms with Crippen LogP contribution in [0.15, 0.2) is 36.4 Å². The number of amides is 1. The van der Waals surface area contributed by atoms with Gasteiger partial charge in [-0.05, 0) is 30.2 Å². The van der Waals surface area contributed by atoms with Gasteiger partial charge in [0.15, 0.2) is 23.1 Å². The summed E-state index contributed by atoms with van der Waals surface area (Å²) < 4.78 is 37.7. The van der Waals surface area contributed by atoms with Crippen molar-refractivity contribution in [1.29, 1.82) is 0 Å². The fourth-order valence-corrected chi connectivity index (χ4v) is 3.39. The van der Waals surface area contributed by atoms with Crippen LogP contribution in [0.5, 0.6) is 11.5 Å². The SMILES string of the molecule is O=C(Cc1cccc(F)c1F)N1CC[C@@H](c2ccc3c(c2)OCO3)C1. The van der Waals surface area contributed by atoms with Gasteiger partial charge < -0.3 is 14.4 Å². The number of rotatable bonds is 3. The molecule has 6 heteroatoms. The van der Waals surface area contributed by atoms with E-state index < -0.39 is 11.6 Å². The van der Waals surface area contributed by atoms with Crippen LogP contribution in [0.2, 0.25) is 0 Å². The molecule has 0 radical (unpaired) electrons. The maximum absolute atomic E-state index is 13.7. The van der Waals surface area contributed by atoms with Crippen LogP contribution in [-0.2, 0) is 11.2 Å². The van der Waals surface area contributed by atoms with Gasteiger partial charge in [-0.15, -0.1) is 0 Å². The number of halogens is 2. The van der Waals surface area contributed by atoms with E-state index in [1.807, 2.05) is 18.2 Å². The van der Waals surface area contributed by atoms with Crippen LogP contribution in [0.3, 0.4) is 0 Å². The molecule has 2 aromatic carbocycles. The average Bonchev–Trinajstić information content (AvgIpc) is 3.27. The van der Waals surface area contributed by atoms with E-state index >= 15 is 0 Å². The topological polar surface area (TPSA) is 38.8 Å². The zero-order valence-corrected chi connectivity index (χ0v) is 13.5. The summed E-state index contributed by atoms with van der Waals surface area (Å²) in [6, 6.07) is 9.73. The second-order valence-corrected chi connectivity index (χ2v) is 6.33. The summed E-state index contributed by atoms with van der Waals surface area (Å²) in [6.45, 7) is 1.40. The Bertz CT molecular complexity index is 824. The summed E-state index contributed by atoms with van der Waals surface area (Å²) in [4.78, 5) is 14.1. The van der Waals surface area contributed by atoms with Crippen LogP contribution in [0.25, 0.3) is 0 Å². The Morgan fingerprint density at radius 1 is 1.16 bits per heavy atom. The number of benzene rings is 2. The van der Waals surface area contributed by atoms with E-state index in [0.29, 0.717) is 13.1 Å². The third-order valence-corrected chi connectivity index (χ3v) is 4.78.